The fourth-order valence-electron chi connectivity index (χ4n) is 2.56. The third-order valence-electron chi connectivity index (χ3n) is 3.86. The van der Waals surface area contributed by atoms with Crippen LogP contribution >= 0.6 is 11.3 Å². The third-order valence-corrected chi connectivity index (χ3v) is 4.62. The van der Waals surface area contributed by atoms with E-state index in [9.17, 15) is 4.79 Å². The molecule has 122 valence electrons. The van der Waals surface area contributed by atoms with Crippen LogP contribution in [-0.2, 0) is 9.53 Å². The summed E-state index contributed by atoms with van der Waals surface area (Å²) in [5.74, 6) is 0.689. The molecule has 1 saturated heterocycles. The number of thiazole rings is 1. The van der Waals surface area contributed by atoms with Gasteiger partial charge in [0.1, 0.15) is 11.4 Å². The molecule has 2 heterocycles. The Kier molecular flexibility index (Phi) is 4.63. The molecule has 0 spiro atoms. The largest absolute Gasteiger partial charge is 0.494 e. The van der Waals surface area contributed by atoms with Gasteiger partial charge in [0.25, 0.3) is 5.91 Å². The van der Waals surface area contributed by atoms with Crippen LogP contribution in [0.1, 0.15) is 26.7 Å². The van der Waals surface area contributed by atoms with Crippen LogP contribution in [0.3, 0.4) is 0 Å². The van der Waals surface area contributed by atoms with Crippen molar-refractivity contribution in [1.82, 2.24) is 4.98 Å². The van der Waals surface area contributed by atoms with Crippen LogP contribution in [0.4, 0.5) is 5.13 Å². The third kappa shape index (κ3) is 3.54. The molecule has 1 aliphatic rings. The van der Waals surface area contributed by atoms with Gasteiger partial charge in [-0.05, 0) is 38.8 Å². The van der Waals surface area contributed by atoms with Crippen LogP contribution in [-0.4, -0.2) is 29.7 Å². The molecule has 5 nitrogen and oxygen atoms in total. The summed E-state index contributed by atoms with van der Waals surface area (Å²) in [5, 5.41) is 5.38. The second-order valence-corrected chi connectivity index (χ2v) is 6.49. The predicted octanol–water partition coefficient (Wildman–Crippen LogP) is 3.72. The molecule has 0 aliphatic carbocycles. The number of carbonyl (C=O) groups is 1. The minimum Gasteiger partial charge on any atom is -0.494 e. The van der Waals surface area contributed by atoms with Crippen molar-refractivity contribution in [3.8, 4) is 17.0 Å². The van der Waals surface area contributed by atoms with Gasteiger partial charge in [0.2, 0.25) is 0 Å². The SMILES string of the molecule is CCOc1cccc(-c2csc(NC(=O)C3(C)CCCO3)n2)c1. The summed E-state index contributed by atoms with van der Waals surface area (Å²) < 4.78 is 11.1. The first kappa shape index (κ1) is 16.0. The number of ether oxygens (including phenoxy) is 2. The summed E-state index contributed by atoms with van der Waals surface area (Å²) in [5.41, 5.74) is 1.06. The Morgan fingerprint density at radius 2 is 2.39 bits per heavy atom. The number of aromatic nitrogens is 1. The van der Waals surface area contributed by atoms with Crippen LogP contribution < -0.4 is 10.1 Å². The molecule has 6 heteroatoms. The average Bonchev–Trinajstić information content (AvgIpc) is 3.18. The summed E-state index contributed by atoms with van der Waals surface area (Å²) >= 11 is 1.41. The first-order chi connectivity index (χ1) is 11.1. The van der Waals surface area contributed by atoms with E-state index in [0.717, 1.165) is 29.8 Å². The van der Waals surface area contributed by atoms with Gasteiger partial charge >= 0.3 is 0 Å². The molecule has 1 aromatic heterocycles. The molecule has 1 fully saturated rings. The predicted molar refractivity (Wildman–Crippen MR) is 90.9 cm³/mol. The number of rotatable bonds is 5. The number of nitrogens with zero attached hydrogens (tertiary/aromatic N) is 1. The Bertz CT molecular complexity index is 693. The number of carbonyl (C=O) groups excluding carboxylic acids is 1. The van der Waals surface area contributed by atoms with Gasteiger partial charge < -0.3 is 9.47 Å². The summed E-state index contributed by atoms with van der Waals surface area (Å²) in [6, 6.07) is 7.78. The van der Waals surface area contributed by atoms with Crippen molar-refractivity contribution in [2.45, 2.75) is 32.3 Å². The Morgan fingerprint density at radius 3 is 3.13 bits per heavy atom. The van der Waals surface area contributed by atoms with E-state index < -0.39 is 5.60 Å². The van der Waals surface area contributed by atoms with Gasteiger partial charge in [-0.15, -0.1) is 11.3 Å². The van der Waals surface area contributed by atoms with Crippen molar-refractivity contribution in [1.29, 1.82) is 0 Å². The molecule has 1 amide bonds. The van der Waals surface area contributed by atoms with Crippen molar-refractivity contribution >= 4 is 22.4 Å². The molecule has 0 bridgehead atoms. The van der Waals surface area contributed by atoms with Gasteiger partial charge in [-0.25, -0.2) is 4.98 Å². The minimum absolute atomic E-state index is 0.126. The number of hydrogen-bond acceptors (Lipinski definition) is 5. The summed E-state index contributed by atoms with van der Waals surface area (Å²) in [7, 11) is 0. The van der Waals surface area contributed by atoms with Crippen LogP contribution in [0.25, 0.3) is 11.3 Å². The summed E-state index contributed by atoms with van der Waals surface area (Å²) in [6.45, 7) is 5.04. The zero-order chi connectivity index (χ0) is 16.3. The number of amides is 1. The Hall–Kier alpha value is -1.92. The second-order valence-electron chi connectivity index (χ2n) is 5.64. The topological polar surface area (TPSA) is 60.5 Å². The van der Waals surface area contributed by atoms with E-state index in [4.69, 9.17) is 9.47 Å². The molecule has 0 saturated carbocycles. The number of hydrogen-bond donors (Lipinski definition) is 1. The molecule has 1 aliphatic heterocycles. The van der Waals surface area contributed by atoms with Crippen LogP contribution in [0, 0.1) is 0 Å². The first-order valence-corrected chi connectivity index (χ1v) is 8.63. The molecular weight excluding hydrogens is 312 g/mol. The van der Waals surface area contributed by atoms with E-state index in [2.05, 4.69) is 10.3 Å². The summed E-state index contributed by atoms with van der Waals surface area (Å²) in [4.78, 5) is 16.8. The van der Waals surface area contributed by atoms with E-state index in [1.165, 1.54) is 11.3 Å². The van der Waals surface area contributed by atoms with E-state index in [1.54, 1.807) is 0 Å². The van der Waals surface area contributed by atoms with E-state index >= 15 is 0 Å². The lowest BCUT2D eigenvalue weighted by atomic mass is 10.0. The van der Waals surface area contributed by atoms with Crippen molar-refractivity contribution in [3.05, 3.63) is 29.6 Å². The highest BCUT2D eigenvalue weighted by molar-refractivity contribution is 7.14. The van der Waals surface area contributed by atoms with Gasteiger partial charge in [0.15, 0.2) is 5.13 Å². The maximum Gasteiger partial charge on any atom is 0.258 e. The first-order valence-electron chi connectivity index (χ1n) is 7.75. The molecule has 1 unspecified atom stereocenters. The molecular formula is C17H20N2O3S. The van der Waals surface area contributed by atoms with Gasteiger partial charge in [-0.2, -0.15) is 0 Å². The Labute approximate surface area is 139 Å². The Morgan fingerprint density at radius 1 is 1.52 bits per heavy atom. The number of anilines is 1. The molecule has 0 radical (unpaired) electrons. The van der Waals surface area contributed by atoms with Crippen molar-refractivity contribution < 1.29 is 14.3 Å². The lowest BCUT2D eigenvalue weighted by Gasteiger charge is -2.20. The molecule has 2 aromatic rings. The van der Waals surface area contributed by atoms with Gasteiger partial charge in [-0.1, -0.05) is 12.1 Å². The van der Waals surface area contributed by atoms with E-state index in [1.807, 2.05) is 43.5 Å². The normalized spacial score (nSPS) is 20.4. The standard InChI is InChI=1S/C17H20N2O3S/c1-3-21-13-7-4-6-12(10-13)14-11-23-16(18-14)19-15(20)17(2)8-5-9-22-17/h4,6-7,10-11H,3,5,8-9H2,1-2H3,(H,18,19,20). The second kappa shape index (κ2) is 6.68. The molecule has 1 N–H and O–H groups in total. The monoisotopic (exact) mass is 332 g/mol. The molecule has 1 atom stereocenters. The molecule has 3 rings (SSSR count). The van der Waals surface area contributed by atoms with Crippen LogP contribution in [0.5, 0.6) is 5.75 Å². The lowest BCUT2D eigenvalue weighted by molar-refractivity contribution is -0.133. The molecule has 1 aromatic carbocycles. The summed E-state index contributed by atoms with van der Waals surface area (Å²) in [6.07, 6.45) is 1.66. The van der Waals surface area contributed by atoms with Crippen LogP contribution in [0.15, 0.2) is 29.6 Å². The highest BCUT2D eigenvalue weighted by Crippen LogP contribution is 2.30. The maximum absolute atomic E-state index is 12.3. The van der Waals surface area contributed by atoms with Gasteiger partial charge in [-0.3, -0.25) is 10.1 Å². The minimum atomic E-state index is -0.735. The zero-order valence-electron chi connectivity index (χ0n) is 13.3. The van der Waals surface area contributed by atoms with E-state index in [0.29, 0.717) is 18.3 Å². The molecule has 23 heavy (non-hydrogen) atoms. The van der Waals surface area contributed by atoms with E-state index in [-0.39, 0.29) is 5.91 Å². The fraction of sp³-hybridized carbons (Fsp3) is 0.412. The van der Waals surface area contributed by atoms with Crippen molar-refractivity contribution in [2.24, 2.45) is 0 Å². The highest BCUT2D eigenvalue weighted by Gasteiger charge is 2.38. The van der Waals surface area contributed by atoms with Crippen LogP contribution in [0.2, 0.25) is 0 Å². The zero-order valence-corrected chi connectivity index (χ0v) is 14.1. The van der Waals surface area contributed by atoms with Crippen molar-refractivity contribution in [2.75, 3.05) is 18.5 Å². The number of nitrogens with one attached hydrogen (secondary N) is 1. The van der Waals surface area contributed by atoms with Crippen molar-refractivity contribution in [3.63, 3.8) is 0 Å². The van der Waals surface area contributed by atoms with Gasteiger partial charge in [0.05, 0.1) is 12.3 Å². The number of benzene rings is 1. The Balaban J connectivity index is 1.73. The fourth-order valence-corrected chi connectivity index (χ4v) is 3.28. The highest BCUT2D eigenvalue weighted by atomic mass is 32.1. The van der Waals surface area contributed by atoms with Gasteiger partial charge in [0, 0.05) is 17.6 Å². The maximum atomic E-state index is 12.3. The quantitative estimate of drug-likeness (QED) is 0.906. The average molecular weight is 332 g/mol. The smallest absolute Gasteiger partial charge is 0.258 e. The lowest BCUT2D eigenvalue weighted by Crippen LogP contribution is -2.39.